The molecular weight excluding hydrogens is 222 g/mol. The normalized spacial score (nSPS) is 10.1. The minimum Gasteiger partial charge on any atom is -0.388 e. The van der Waals surface area contributed by atoms with Crippen molar-refractivity contribution in [2.24, 2.45) is 0 Å². The number of anilines is 1. The average Bonchev–Trinajstić information content (AvgIpc) is 2.40. The SMILES string of the molecule is CNc1ccc(Cc2ccccc2)cc1C(C)=O. The summed E-state index contributed by atoms with van der Waals surface area (Å²) in [4.78, 5) is 11.6. The van der Waals surface area contributed by atoms with Crippen LogP contribution in [0.4, 0.5) is 5.69 Å². The number of nitrogens with one attached hydrogen (secondary N) is 1. The van der Waals surface area contributed by atoms with Gasteiger partial charge in [-0.3, -0.25) is 4.79 Å². The molecule has 0 spiro atoms. The Morgan fingerprint density at radius 2 is 1.78 bits per heavy atom. The summed E-state index contributed by atoms with van der Waals surface area (Å²) in [7, 11) is 1.83. The molecule has 0 unspecified atom stereocenters. The zero-order chi connectivity index (χ0) is 13.0. The lowest BCUT2D eigenvalue weighted by Gasteiger charge is -2.09. The van der Waals surface area contributed by atoms with Crippen LogP contribution in [0.1, 0.15) is 28.4 Å². The molecule has 0 saturated carbocycles. The lowest BCUT2D eigenvalue weighted by molar-refractivity contribution is 0.101. The third-order valence-corrected chi connectivity index (χ3v) is 2.98. The van der Waals surface area contributed by atoms with Crippen LogP contribution in [0.25, 0.3) is 0 Å². The van der Waals surface area contributed by atoms with Crippen LogP contribution in [-0.2, 0) is 6.42 Å². The van der Waals surface area contributed by atoms with E-state index < -0.39 is 0 Å². The quantitative estimate of drug-likeness (QED) is 0.827. The molecule has 0 radical (unpaired) electrons. The highest BCUT2D eigenvalue weighted by atomic mass is 16.1. The molecule has 2 heteroatoms. The van der Waals surface area contributed by atoms with Gasteiger partial charge in [-0.1, -0.05) is 36.4 Å². The van der Waals surface area contributed by atoms with E-state index in [1.807, 2.05) is 37.4 Å². The van der Waals surface area contributed by atoms with Crippen molar-refractivity contribution in [1.29, 1.82) is 0 Å². The number of carbonyl (C=O) groups is 1. The topological polar surface area (TPSA) is 29.1 Å². The largest absolute Gasteiger partial charge is 0.388 e. The fraction of sp³-hybridized carbons (Fsp3) is 0.188. The van der Waals surface area contributed by atoms with Crippen LogP contribution in [0.15, 0.2) is 48.5 Å². The number of Topliss-reactive ketones (excluding diaryl/α,β-unsaturated/α-hetero) is 1. The van der Waals surface area contributed by atoms with Gasteiger partial charge in [-0.2, -0.15) is 0 Å². The summed E-state index contributed by atoms with van der Waals surface area (Å²) >= 11 is 0. The summed E-state index contributed by atoms with van der Waals surface area (Å²) in [5, 5.41) is 3.05. The van der Waals surface area contributed by atoms with Gasteiger partial charge >= 0.3 is 0 Å². The average molecular weight is 239 g/mol. The van der Waals surface area contributed by atoms with Gasteiger partial charge in [-0.05, 0) is 36.6 Å². The van der Waals surface area contributed by atoms with Gasteiger partial charge in [0.05, 0.1) is 0 Å². The molecule has 2 nitrogen and oxygen atoms in total. The summed E-state index contributed by atoms with van der Waals surface area (Å²) in [6, 6.07) is 16.3. The van der Waals surface area contributed by atoms with E-state index in [9.17, 15) is 4.79 Å². The predicted molar refractivity (Wildman–Crippen MR) is 75.2 cm³/mol. The molecule has 2 aromatic carbocycles. The standard InChI is InChI=1S/C16H17NO/c1-12(18)15-11-14(8-9-16(15)17-2)10-13-6-4-3-5-7-13/h3-9,11,17H,10H2,1-2H3. The molecule has 0 saturated heterocycles. The van der Waals surface area contributed by atoms with Gasteiger partial charge in [0.25, 0.3) is 0 Å². The zero-order valence-electron chi connectivity index (χ0n) is 10.7. The van der Waals surface area contributed by atoms with E-state index in [4.69, 9.17) is 0 Å². The van der Waals surface area contributed by atoms with E-state index in [2.05, 4.69) is 23.5 Å². The highest BCUT2D eigenvalue weighted by molar-refractivity contribution is 5.99. The zero-order valence-corrected chi connectivity index (χ0v) is 10.7. The molecule has 18 heavy (non-hydrogen) atoms. The van der Waals surface area contributed by atoms with Crippen molar-refractivity contribution in [3.63, 3.8) is 0 Å². The van der Waals surface area contributed by atoms with E-state index in [1.54, 1.807) is 6.92 Å². The molecule has 0 aliphatic rings. The Morgan fingerprint density at radius 3 is 2.39 bits per heavy atom. The summed E-state index contributed by atoms with van der Waals surface area (Å²) in [6.45, 7) is 1.60. The lowest BCUT2D eigenvalue weighted by Crippen LogP contribution is -2.01. The highest BCUT2D eigenvalue weighted by Gasteiger charge is 2.07. The molecule has 2 rings (SSSR count). The Morgan fingerprint density at radius 1 is 1.06 bits per heavy atom. The first-order chi connectivity index (χ1) is 8.70. The molecule has 0 heterocycles. The smallest absolute Gasteiger partial charge is 0.161 e. The lowest BCUT2D eigenvalue weighted by atomic mass is 10.00. The molecule has 0 fully saturated rings. The van der Waals surface area contributed by atoms with Gasteiger partial charge in [0.15, 0.2) is 5.78 Å². The van der Waals surface area contributed by atoms with Crippen molar-refractivity contribution in [2.45, 2.75) is 13.3 Å². The number of rotatable bonds is 4. The Labute approximate surface area is 108 Å². The molecule has 0 aromatic heterocycles. The molecule has 0 bridgehead atoms. The van der Waals surface area contributed by atoms with Gasteiger partial charge in [-0.15, -0.1) is 0 Å². The van der Waals surface area contributed by atoms with Crippen LogP contribution >= 0.6 is 0 Å². The Kier molecular flexibility index (Phi) is 3.78. The molecule has 0 aliphatic carbocycles. The molecule has 0 aliphatic heterocycles. The van der Waals surface area contributed by atoms with Crippen molar-refractivity contribution in [2.75, 3.05) is 12.4 Å². The van der Waals surface area contributed by atoms with Crippen LogP contribution in [-0.4, -0.2) is 12.8 Å². The van der Waals surface area contributed by atoms with E-state index >= 15 is 0 Å². The second-order valence-corrected chi connectivity index (χ2v) is 4.35. The maximum absolute atomic E-state index is 11.6. The van der Waals surface area contributed by atoms with Crippen molar-refractivity contribution in [1.82, 2.24) is 0 Å². The second kappa shape index (κ2) is 5.50. The number of ketones is 1. The van der Waals surface area contributed by atoms with Crippen molar-refractivity contribution in [3.05, 3.63) is 65.2 Å². The first-order valence-electron chi connectivity index (χ1n) is 6.06. The van der Waals surface area contributed by atoms with Crippen LogP contribution in [0.5, 0.6) is 0 Å². The van der Waals surface area contributed by atoms with Gasteiger partial charge in [0.1, 0.15) is 0 Å². The van der Waals surface area contributed by atoms with Gasteiger partial charge < -0.3 is 5.32 Å². The third kappa shape index (κ3) is 2.77. The summed E-state index contributed by atoms with van der Waals surface area (Å²) < 4.78 is 0. The Bertz CT molecular complexity index is 546. The van der Waals surface area contributed by atoms with E-state index in [0.29, 0.717) is 0 Å². The fourth-order valence-corrected chi connectivity index (χ4v) is 2.04. The van der Waals surface area contributed by atoms with E-state index in [1.165, 1.54) is 5.56 Å². The van der Waals surface area contributed by atoms with Crippen LogP contribution in [0.3, 0.4) is 0 Å². The Hall–Kier alpha value is -2.09. The highest BCUT2D eigenvalue weighted by Crippen LogP contribution is 2.19. The number of benzene rings is 2. The molecule has 0 amide bonds. The maximum Gasteiger partial charge on any atom is 0.161 e. The molecular formula is C16H17NO. The monoisotopic (exact) mass is 239 g/mol. The number of hydrogen-bond acceptors (Lipinski definition) is 2. The van der Waals surface area contributed by atoms with Crippen molar-refractivity contribution in [3.8, 4) is 0 Å². The molecule has 2 aromatic rings. The Balaban J connectivity index is 2.30. The van der Waals surface area contributed by atoms with Crippen LogP contribution in [0, 0.1) is 0 Å². The second-order valence-electron chi connectivity index (χ2n) is 4.35. The predicted octanol–water partition coefficient (Wildman–Crippen LogP) is 3.52. The third-order valence-electron chi connectivity index (χ3n) is 2.98. The first kappa shape index (κ1) is 12.4. The molecule has 1 N–H and O–H groups in total. The number of hydrogen-bond donors (Lipinski definition) is 1. The van der Waals surface area contributed by atoms with Crippen molar-refractivity contribution < 1.29 is 4.79 Å². The van der Waals surface area contributed by atoms with Crippen LogP contribution in [0.2, 0.25) is 0 Å². The summed E-state index contributed by atoms with van der Waals surface area (Å²) in [5.74, 6) is 0.0919. The van der Waals surface area contributed by atoms with E-state index in [-0.39, 0.29) is 5.78 Å². The van der Waals surface area contributed by atoms with Gasteiger partial charge in [0, 0.05) is 18.3 Å². The first-order valence-corrected chi connectivity index (χ1v) is 6.06. The maximum atomic E-state index is 11.6. The van der Waals surface area contributed by atoms with Gasteiger partial charge in [0.2, 0.25) is 0 Å². The summed E-state index contributed by atoms with van der Waals surface area (Å²) in [5.41, 5.74) is 4.06. The van der Waals surface area contributed by atoms with Gasteiger partial charge in [-0.25, -0.2) is 0 Å². The summed E-state index contributed by atoms with van der Waals surface area (Å²) in [6.07, 6.45) is 0.852. The fourth-order valence-electron chi connectivity index (χ4n) is 2.04. The number of carbonyl (C=O) groups excluding carboxylic acids is 1. The van der Waals surface area contributed by atoms with Crippen LogP contribution < -0.4 is 5.32 Å². The van der Waals surface area contributed by atoms with E-state index in [0.717, 1.165) is 23.2 Å². The minimum atomic E-state index is 0.0919. The molecule has 92 valence electrons. The minimum absolute atomic E-state index is 0.0919. The molecule has 0 atom stereocenters. The van der Waals surface area contributed by atoms with Crippen molar-refractivity contribution >= 4 is 11.5 Å².